The first-order valence-corrected chi connectivity index (χ1v) is 11.0. The van der Waals surface area contributed by atoms with Gasteiger partial charge in [-0.25, -0.2) is 4.98 Å². The minimum atomic E-state index is -0.280. The van der Waals surface area contributed by atoms with Crippen molar-refractivity contribution < 1.29 is 19.1 Å². The van der Waals surface area contributed by atoms with Crippen LogP contribution in [-0.2, 0) is 4.79 Å². The van der Waals surface area contributed by atoms with Crippen molar-refractivity contribution >= 4 is 46.6 Å². The summed E-state index contributed by atoms with van der Waals surface area (Å²) in [5.41, 5.74) is 1.69. The van der Waals surface area contributed by atoms with Crippen LogP contribution in [0.2, 0.25) is 5.02 Å². The second kappa shape index (κ2) is 9.50. The maximum absolute atomic E-state index is 13.3. The van der Waals surface area contributed by atoms with Crippen LogP contribution in [0.15, 0.2) is 64.6 Å². The zero-order chi connectivity index (χ0) is 22.7. The molecule has 7 nitrogen and oxygen atoms in total. The van der Waals surface area contributed by atoms with Gasteiger partial charge >= 0.3 is 0 Å². The number of nitrogens with one attached hydrogen (secondary N) is 1. The summed E-state index contributed by atoms with van der Waals surface area (Å²) in [6, 6.07) is 14.3. The first kappa shape index (κ1) is 22.0. The lowest BCUT2D eigenvalue weighted by Gasteiger charge is -2.22. The fraction of sp³-hybridized carbons (Fsp3) is 0.174. The summed E-state index contributed by atoms with van der Waals surface area (Å²) in [7, 11) is 3.00. The van der Waals surface area contributed by atoms with Crippen LogP contribution in [0.5, 0.6) is 11.5 Å². The van der Waals surface area contributed by atoms with E-state index in [4.69, 9.17) is 21.1 Å². The van der Waals surface area contributed by atoms with Gasteiger partial charge in [-0.1, -0.05) is 35.5 Å². The molecule has 1 N–H and O–H groups in total. The van der Waals surface area contributed by atoms with Crippen molar-refractivity contribution in [2.75, 3.05) is 31.0 Å². The van der Waals surface area contributed by atoms with E-state index in [2.05, 4.69) is 10.3 Å². The van der Waals surface area contributed by atoms with Gasteiger partial charge in [0.2, 0.25) is 5.91 Å². The maximum atomic E-state index is 13.3. The third-order valence-electron chi connectivity index (χ3n) is 4.92. The molecular weight excluding hydrogens is 450 g/mol. The first-order chi connectivity index (χ1) is 15.5. The number of aromatic nitrogens is 1. The average molecular weight is 470 g/mol. The van der Waals surface area contributed by atoms with Gasteiger partial charge in [0, 0.05) is 30.1 Å². The Hall–Kier alpha value is -3.23. The number of para-hydroxylation sites is 1. The maximum Gasteiger partial charge on any atom is 0.261 e. The summed E-state index contributed by atoms with van der Waals surface area (Å²) in [5, 5.41) is 3.80. The number of halogens is 1. The highest BCUT2D eigenvalue weighted by Gasteiger charge is 2.28. The molecule has 0 spiro atoms. The van der Waals surface area contributed by atoms with E-state index in [1.807, 2.05) is 24.3 Å². The molecule has 9 heteroatoms. The molecular formula is C23H20ClN3O4S. The fourth-order valence-electron chi connectivity index (χ4n) is 3.37. The summed E-state index contributed by atoms with van der Waals surface area (Å²) in [4.78, 5) is 32.9. The number of nitrogens with zero attached hydrogens (tertiary/aromatic N) is 2. The van der Waals surface area contributed by atoms with Gasteiger partial charge < -0.3 is 19.7 Å². The molecule has 0 fully saturated rings. The molecule has 3 aromatic rings. The third-order valence-corrected chi connectivity index (χ3v) is 6.30. The van der Waals surface area contributed by atoms with Gasteiger partial charge in [0.05, 0.1) is 36.2 Å². The molecule has 2 aromatic carbocycles. The topological polar surface area (TPSA) is 80.8 Å². The smallest absolute Gasteiger partial charge is 0.261 e. The second-order valence-electron chi connectivity index (χ2n) is 6.87. The number of methoxy groups -OCH3 is 2. The predicted molar refractivity (Wildman–Crippen MR) is 124 cm³/mol. The molecule has 0 radical (unpaired) electrons. The number of carbonyl (C=O) groups is 2. The zero-order valence-corrected chi connectivity index (χ0v) is 19.0. The number of pyridine rings is 1. The van der Waals surface area contributed by atoms with Crippen molar-refractivity contribution in [2.45, 2.75) is 16.3 Å². The molecule has 164 valence electrons. The third kappa shape index (κ3) is 4.37. The molecule has 0 bridgehead atoms. The number of anilines is 2. The Balaban J connectivity index is 1.55. The summed E-state index contributed by atoms with van der Waals surface area (Å²) in [5.74, 6) is 0.395. The Morgan fingerprint density at radius 2 is 1.91 bits per heavy atom. The minimum Gasteiger partial charge on any atom is -0.495 e. The summed E-state index contributed by atoms with van der Waals surface area (Å²) >= 11 is 7.63. The van der Waals surface area contributed by atoms with Gasteiger partial charge in [-0.3, -0.25) is 9.59 Å². The van der Waals surface area contributed by atoms with Gasteiger partial charge in [0.25, 0.3) is 5.91 Å². The largest absolute Gasteiger partial charge is 0.495 e. The van der Waals surface area contributed by atoms with Gasteiger partial charge in [0.1, 0.15) is 16.5 Å². The Labute approximate surface area is 194 Å². The number of ether oxygens (including phenoxy) is 2. The molecule has 0 saturated heterocycles. The highest BCUT2D eigenvalue weighted by atomic mass is 35.5. The van der Waals surface area contributed by atoms with Gasteiger partial charge in [-0.15, -0.1) is 0 Å². The van der Waals surface area contributed by atoms with Crippen molar-refractivity contribution in [3.63, 3.8) is 0 Å². The van der Waals surface area contributed by atoms with Gasteiger partial charge in [-0.2, -0.15) is 0 Å². The quantitative estimate of drug-likeness (QED) is 0.553. The number of carbonyl (C=O) groups excluding carboxylic acids is 2. The number of rotatable bonds is 6. The number of hydrogen-bond donors (Lipinski definition) is 1. The van der Waals surface area contributed by atoms with Crippen LogP contribution in [0.3, 0.4) is 0 Å². The van der Waals surface area contributed by atoms with Gasteiger partial charge in [0.15, 0.2) is 0 Å². The van der Waals surface area contributed by atoms with Crippen molar-refractivity contribution in [3.05, 3.63) is 65.3 Å². The molecule has 1 aromatic heterocycles. The molecule has 0 unspecified atom stereocenters. The first-order valence-electron chi connectivity index (χ1n) is 9.77. The number of hydrogen-bond acceptors (Lipinski definition) is 6. The Bertz CT molecular complexity index is 1190. The SMILES string of the molecule is COc1cc(OC)c(NC(=O)CCN2C(=O)c3cccnc3Sc3ccccc32)cc1Cl. The lowest BCUT2D eigenvalue weighted by atomic mass is 10.2. The lowest BCUT2D eigenvalue weighted by molar-refractivity contribution is -0.116. The zero-order valence-electron chi connectivity index (χ0n) is 17.4. The molecule has 1 aliphatic rings. The van der Waals surface area contributed by atoms with E-state index >= 15 is 0 Å². The predicted octanol–water partition coefficient (Wildman–Crippen LogP) is 4.89. The molecule has 1 aliphatic heterocycles. The average Bonchev–Trinajstić information content (AvgIpc) is 2.92. The van der Waals surface area contributed by atoms with Crippen LogP contribution in [0.25, 0.3) is 0 Å². The van der Waals surface area contributed by atoms with Crippen molar-refractivity contribution in [3.8, 4) is 11.5 Å². The van der Waals surface area contributed by atoms with E-state index in [-0.39, 0.29) is 24.8 Å². The van der Waals surface area contributed by atoms with Crippen LogP contribution in [-0.4, -0.2) is 37.6 Å². The van der Waals surface area contributed by atoms with Crippen molar-refractivity contribution in [2.24, 2.45) is 0 Å². The number of fused-ring (bicyclic) bond motifs is 2. The van der Waals surface area contributed by atoms with E-state index in [9.17, 15) is 9.59 Å². The standard InChI is InChI=1S/C23H20ClN3O4S/c1-30-18-13-19(31-2)16(12-15(18)24)26-21(28)9-11-27-17-7-3-4-8-20(17)32-22-14(23(27)29)6-5-10-25-22/h3-8,10,12-13H,9,11H2,1-2H3,(H,26,28). The molecule has 4 rings (SSSR count). The van der Waals surface area contributed by atoms with E-state index < -0.39 is 0 Å². The molecule has 0 atom stereocenters. The normalized spacial score (nSPS) is 12.5. The van der Waals surface area contributed by atoms with Crippen molar-refractivity contribution in [1.29, 1.82) is 0 Å². The number of amides is 2. The highest BCUT2D eigenvalue weighted by Crippen LogP contribution is 2.40. The lowest BCUT2D eigenvalue weighted by Crippen LogP contribution is -2.34. The summed E-state index contributed by atoms with van der Waals surface area (Å²) in [6.07, 6.45) is 1.74. The Morgan fingerprint density at radius 1 is 1.12 bits per heavy atom. The highest BCUT2D eigenvalue weighted by molar-refractivity contribution is 7.99. The molecule has 0 aliphatic carbocycles. The molecule has 2 heterocycles. The molecule has 2 amide bonds. The van der Waals surface area contributed by atoms with Crippen LogP contribution in [0.4, 0.5) is 11.4 Å². The van der Waals surface area contributed by atoms with Crippen LogP contribution >= 0.6 is 23.4 Å². The van der Waals surface area contributed by atoms with Crippen molar-refractivity contribution in [1.82, 2.24) is 4.98 Å². The van der Waals surface area contributed by atoms with E-state index in [0.29, 0.717) is 32.8 Å². The van der Waals surface area contributed by atoms with E-state index in [1.54, 1.807) is 35.4 Å². The van der Waals surface area contributed by atoms with E-state index in [0.717, 1.165) is 10.6 Å². The van der Waals surface area contributed by atoms with E-state index in [1.165, 1.54) is 26.0 Å². The monoisotopic (exact) mass is 469 g/mol. The van der Waals surface area contributed by atoms with Crippen LogP contribution < -0.4 is 19.7 Å². The minimum absolute atomic E-state index is 0.0765. The van der Waals surface area contributed by atoms with Crippen LogP contribution in [0.1, 0.15) is 16.8 Å². The second-order valence-corrected chi connectivity index (χ2v) is 8.31. The Kier molecular flexibility index (Phi) is 6.53. The summed E-state index contributed by atoms with van der Waals surface area (Å²) in [6.45, 7) is 0.197. The molecule has 32 heavy (non-hydrogen) atoms. The Morgan fingerprint density at radius 3 is 2.69 bits per heavy atom. The fourth-order valence-corrected chi connectivity index (χ4v) is 4.62. The van der Waals surface area contributed by atoms with Gasteiger partial charge in [-0.05, 0) is 30.3 Å². The molecule has 0 saturated carbocycles. The summed E-state index contributed by atoms with van der Waals surface area (Å²) < 4.78 is 10.5. The number of benzene rings is 2. The van der Waals surface area contributed by atoms with Crippen LogP contribution in [0, 0.1) is 0 Å².